The number of alkyl halides is 3. The Labute approximate surface area is 155 Å². The highest BCUT2D eigenvalue weighted by molar-refractivity contribution is 7.11. The maximum Gasteiger partial charge on any atom is 0.416 e. The van der Waals surface area contributed by atoms with Crippen LogP contribution in [0.15, 0.2) is 35.5 Å². The Balaban J connectivity index is 2.09. The molecule has 0 aliphatic heterocycles. The lowest BCUT2D eigenvalue weighted by Crippen LogP contribution is -2.38. The van der Waals surface area contributed by atoms with Crippen molar-refractivity contribution in [1.29, 1.82) is 0 Å². The molecule has 0 spiro atoms. The molecular weight excluding hydrogens is 361 g/mol. The molecule has 0 amide bonds. The van der Waals surface area contributed by atoms with E-state index in [9.17, 15) is 13.2 Å². The zero-order valence-electron chi connectivity index (χ0n) is 15.0. The van der Waals surface area contributed by atoms with Crippen LogP contribution in [0.4, 0.5) is 13.2 Å². The van der Waals surface area contributed by atoms with E-state index < -0.39 is 11.7 Å². The maximum absolute atomic E-state index is 12.9. The van der Waals surface area contributed by atoms with Crippen molar-refractivity contribution in [2.24, 2.45) is 4.99 Å². The smallest absolute Gasteiger partial charge is 0.357 e. The summed E-state index contributed by atoms with van der Waals surface area (Å²) < 4.78 is 38.7. The molecule has 1 aromatic heterocycles. The van der Waals surface area contributed by atoms with Crippen LogP contribution < -0.4 is 10.6 Å². The van der Waals surface area contributed by atoms with Gasteiger partial charge in [0.1, 0.15) is 5.01 Å². The number of nitrogens with one attached hydrogen (secondary N) is 2. The fourth-order valence-corrected chi connectivity index (χ4v) is 3.11. The van der Waals surface area contributed by atoms with Gasteiger partial charge in [-0.25, -0.2) is 9.98 Å². The molecule has 2 rings (SSSR count). The molecule has 2 N–H and O–H groups in total. The minimum atomic E-state index is -4.35. The summed E-state index contributed by atoms with van der Waals surface area (Å²) >= 11 is 1.61. The largest absolute Gasteiger partial charge is 0.416 e. The lowest BCUT2D eigenvalue weighted by atomic mass is 10.1. The molecule has 26 heavy (non-hydrogen) atoms. The van der Waals surface area contributed by atoms with Crippen LogP contribution in [-0.2, 0) is 19.1 Å². The highest BCUT2D eigenvalue weighted by Gasteiger charge is 2.30. The zero-order valence-corrected chi connectivity index (χ0v) is 15.8. The predicted octanol–water partition coefficient (Wildman–Crippen LogP) is 4.54. The highest BCUT2D eigenvalue weighted by Crippen LogP contribution is 2.30. The minimum Gasteiger partial charge on any atom is -0.357 e. The van der Waals surface area contributed by atoms with E-state index in [4.69, 9.17) is 0 Å². The van der Waals surface area contributed by atoms with Crippen molar-refractivity contribution >= 4 is 17.3 Å². The predicted molar refractivity (Wildman–Crippen MR) is 99.3 cm³/mol. The first-order chi connectivity index (χ1) is 12.3. The number of thiazole rings is 1. The fraction of sp³-hybridized carbons (Fsp3) is 0.444. The molecule has 0 saturated carbocycles. The summed E-state index contributed by atoms with van der Waals surface area (Å²) in [5.74, 6) is 0.547. The van der Waals surface area contributed by atoms with Crippen molar-refractivity contribution in [3.8, 4) is 0 Å². The van der Waals surface area contributed by atoms with Crippen LogP contribution in [0.5, 0.6) is 0 Å². The number of aliphatic imine (C=N–C) groups is 1. The van der Waals surface area contributed by atoms with Crippen LogP contribution in [0.3, 0.4) is 0 Å². The van der Waals surface area contributed by atoms with Gasteiger partial charge in [-0.2, -0.15) is 13.2 Å². The first-order valence-electron chi connectivity index (χ1n) is 8.49. The number of nitrogens with zero attached hydrogens (tertiary/aromatic N) is 2. The molecule has 0 saturated heterocycles. The summed E-state index contributed by atoms with van der Waals surface area (Å²) in [6.07, 6.45) is -1.57. The third-order valence-electron chi connectivity index (χ3n) is 3.73. The van der Waals surface area contributed by atoms with Crippen molar-refractivity contribution in [3.63, 3.8) is 0 Å². The lowest BCUT2D eigenvalue weighted by molar-refractivity contribution is -0.137. The number of halogens is 3. The number of benzene rings is 1. The van der Waals surface area contributed by atoms with Gasteiger partial charge in [0, 0.05) is 17.6 Å². The lowest BCUT2D eigenvalue weighted by Gasteiger charge is -2.19. The summed E-state index contributed by atoms with van der Waals surface area (Å²) in [7, 11) is 0. The van der Waals surface area contributed by atoms with E-state index in [0.717, 1.165) is 23.6 Å². The van der Waals surface area contributed by atoms with Gasteiger partial charge in [0.15, 0.2) is 5.96 Å². The van der Waals surface area contributed by atoms with E-state index >= 15 is 0 Å². The molecule has 4 nitrogen and oxygen atoms in total. The number of hydrogen-bond donors (Lipinski definition) is 2. The minimum absolute atomic E-state index is 0.322. The molecule has 1 atom stereocenters. The number of rotatable bonds is 6. The Morgan fingerprint density at radius 1 is 1.31 bits per heavy atom. The Morgan fingerprint density at radius 3 is 2.69 bits per heavy atom. The maximum atomic E-state index is 12.9. The third kappa shape index (κ3) is 5.72. The average molecular weight is 384 g/mol. The van der Waals surface area contributed by atoms with Gasteiger partial charge >= 0.3 is 6.18 Å². The summed E-state index contributed by atoms with van der Waals surface area (Å²) in [5.41, 5.74) is -0.103. The quantitative estimate of drug-likeness (QED) is 0.568. The summed E-state index contributed by atoms with van der Waals surface area (Å²) in [4.78, 5) is 10.0. The van der Waals surface area contributed by atoms with E-state index in [2.05, 4.69) is 27.5 Å². The first kappa shape index (κ1) is 20.2. The van der Waals surface area contributed by atoms with E-state index in [1.54, 1.807) is 24.3 Å². The second kappa shape index (κ2) is 9.02. The zero-order chi connectivity index (χ0) is 19.2. The molecule has 0 bridgehead atoms. The number of hydrogen-bond acceptors (Lipinski definition) is 3. The Kier molecular flexibility index (Phi) is 7.02. The van der Waals surface area contributed by atoms with Crippen molar-refractivity contribution in [2.75, 3.05) is 6.54 Å². The van der Waals surface area contributed by atoms with Crippen LogP contribution in [0.25, 0.3) is 0 Å². The van der Waals surface area contributed by atoms with Crippen LogP contribution in [0, 0.1) is 0 Å². The molecule has 1 heterocycles. The number of aromatic nitrogens is 1. The molecule has 0 radical (unpaired) electrons. The van der Waals surface area contributed by atoms with Crippen LogP contribution in [0.2, 0.25) is 0 Å². The Bertz CT molecular complexity index is 740. The van der Waals surface area contributed by atoms with E-state index in [-0.39, 0.29) is 6.04 Å². The van der Waals surface area contributed by atoms with Gasteiger partial charge in [0.2, 0.25) is 0 Å². The van der Waals surface area contributed by atoms with Crippen molar-refractivity contribution in [3.05, 3.63) is 51.5 Å². The van der Waals surface area contributed by atoms with Crippen molar-refractivity contribution in [2.45, 2.75) is 46.0 Å². The molecule has 8 heteroatoms. The van der Waals surface area contributed by atoms with Crippen LogP contribution in [0.1, 0.15) is 47.8 Å². The second-order valence-electron chi connectivity index (χ2n) is 5.76. The Morgan fingerprint density at radius 2 is 2.08 bits per heavy atom. The van der Waals surface area contributed by atoms with Gasteiger partial charge in [-0.1, -0.05) is 19.1 Å². The summed E-state index contributed by atoms with van der Waals surface area (Å²) in [6.45, 7) is 6.89. The summed E-state index contributed by atoms with van der Waals surface area (Å²) in [5, 5.41) is 7.17. The molecule has 1 aromatic carbocycles. The molecule has 2 aromatic rings. The normalized spacial score (nSPS) is 13.5. The highest BCUT2D eigenvalue weighted by atomic mass is 32.1. The number of guanidine groups is 1. The molecule has 0 aliphatic rings. The molecule has 1 unspecified atom stereocenters. The van der Waals surface area contributed by atoms with Crippen molar-refractivity contribution in [1.82, 2.24) is 15.6 Å². The molecule has 0 fully saturated rings. The fourth-order valence-electron chi connectivity index (χ4n) is 2.32. The Hall–Kier alpha value is -2.09. The van der Waals surface area contributed by atoms with Gasteiger partial charge in [-0.05, 0) is 38.0 Å². The standard InChI is InChI=1S/C18H23F3N4S/c1-4-15-10-23-16(26-15)11-24-17(22-5-2)25-12(3)13-7-6-8-14(9-13)18(19,20)21/h6-10,12H,4-5,11H2,1-3H3,(H2,22,24,25). The molecule has 0 aliphatic carbocycles. The SMILES string of the molecule is CCNC(=NCc1ncc(CC)s1)NC(C)c1cccc(C(F)(F)F)c1. The van der Waals surface area contributed by atoms with Gasteiger partial charge < -0.3 is 10.6 Å². The van der Waals surface area contributed by atoms with Gasteiger partial charge in [0.25, 0.3) is 0 Å². The topological polar surface area (TPSA) is 49.3 Å². The van der Waals surface area contributed by atoms with Crippen molar-refractivity contribution < 1.29 is 13.2 Å². The monoisotopic (exact) mass is 384 g/mol. The van der Waals surface area contributed by atoms with E-state index in [0.29, 0.717) is 24.6 Å². The van der Waals surface area contributed by atoms with Crippen LogP contribution in [-0.4, -0.2) is 17.5 Å². The second-order valence-corrected chi connectivity index (χ2v) is 6.96. The summed E-state index contributed by atoms with van der Waals surface area (Å²) in [6, 6.07) is 5.00. The average Bonchev–Trinajstić information content (AvgIpc) is 3.07. The molecule has 142 valence electrons. The number of aryl methyl sites for hydroxylation is 1. The first-order valence-corrected chi connectivity index (χ1v) is 9.30. The van der Waals surface area contributed by atoms with Gasteiger partial charge in [-0.3, -0.25) is 0 Å². The van der Waals surface area contributed by atoms with E-state index in [1.165, 1.54) is 10.9 Å². The van der Waals surface area contributed by atoms with Crippen LogP contribution >= 0.6 is 11.3 Å². The van der Waals surface area contributed by atoms with E-state index in [1.807, 2.05) is 13.1 Å². The third-order valence-corrected chi connectivity index (χ3v) is 4.86. The van der Waals surface area contributed by atoms with Gasteiger partial charge in [0.05, 0.1) is 18.2 Å². The van der Waals surface area contributed by atoms with Gasteiger partial charge in [-0.15, -0.1) is 11.3 Å². The molecular formula is C18H23F3N4S.